The van der Waals surface area contributed by atoms with Crippen molar-refractivity contribution in [3.8, 4) is 0 Å². The fourth-order valence-electron chi connectivity index (χ4n) is 2.25. The van der Waals surface area contributed by atoms with Gasteiger partial charge < -0.3 is 9.69 Å². The van der Waals surface area contributed by atoms with E-state index < -0.39 is 0 Å². The van der Waals surface area contributed by atoms with Crippen LogP contribution in [0.1, 0.15) is 0 Å². The molecule has 1 saturated heterocycles. The lowest BCUT2D eigenvalue weighted by molar-refractivity contribution is -0.111. The van der Waals surface area contributed by atoms with Crippen LogP contribution in [0.2, 0.25) is 5.02 Å². The molecular formula is C13H15Cl2FN2O. The van der Waals surface area contributed by atoms with Gasteiger partial charge in [0.15, 0.2) is 0 Å². The van der Waals surface area contributed by atoms with Gasteiger partial charge >= 0.3 is 0 Å². The van der Waals surface area contributed by atoms with Gasteiger partial charge in [-0.3, -0.25) is 4.90 Å². The summed E-state index contributed by atoms with van der Waals surface area (Å²) in [6, 6.07) is 4.43. The topological polar surface area (TPSA) is 23.6 Å². The molecule has 0 aromatic heterocycles. The van der Waals surface area contributed by atoms with Crippen molar-refractivity contribution in [1.82, 2.24) is 4.90 Å². The van der Waals surface area contributed by atoms with Gasteiger partial charge in [0.05, 0.1) is 11.7 Å². The number of hydrogen-bond acceptors (Lipinski definition) is 3. The monoisotopic (exact) mass is 304 g/mol. The lowest BCUT2D eigenvalue weighted by atomic mass is 10.2. The Morgan fingerprint density at radius 3 is 2.53 bits per heavy atom. The SMILES string of the molecule is O=CC(CCl)N1CCN(c2ccc(Cl)cc2F)CC1. The van der Waals surface area contributed by atoms with E-state index in [1.807, 2.05) is 9.80 Å². The van der Waals surface area contributed by atoms with Crippen molar-refractivity contribution in [2.24, 2.45) is 0 Å². The van der Waals surface area contributed by atoms with Gasteiger partial charge in [-0.1, -0.05) is 11.6 Å². The highest BCUT2D eigenvalue weighted by atomic mass is 35.5. The largest absolute Gasteiger partial charge is 0.367 e. The quantitative estimate of drug-likeness (QED) is 0.630. The molecule has 1 unspecified atom stereocenters. The molecule has 1 aliphatic rings. The van der Waals surface area contributed by atoms with E-state index in [1.54, 1.807) is 12.1 Å². The maximum atomic E-state index is 13.8. The van der Waals surface area contributed by atoms with Crippen molar-refractivity contribution in [2.75, 3.05) is 37.0 Å². The third-order valence-corrected chi connectivity index (χ3v) is 3.90. The van der Waals surface area contributed by atoms with Crippen LogP contribution in [0.15, 0.2) is 18.2 Å². The normalized spacial score (nSPS) is 18.4. The first-order valence-electron chi connectivity index (χ1n) is 6.11. The predicted molar refractivity (Wildman–Crippen MR) is 75.8 cm³/mol. The lowest BCUT2D eigenvalue weighted by Crippen LogP contribution is -2.51. The molecule has 1 heterocycles. The number of carbonyl (C=O) groups is 1. The first kappa shape index (κ1) is 14.6. The van der Waals surface area contributed by atoms with E-state index in [0.717, 1.165) is 6.29 Å². The predicted octanol–water partition coefficient (Wildman–Crippen LogP) is 2.41. The summed E-state index contributed by atoms with van der Waals surface area (Å²) in [4.78, 5) is 14.8. The van der Waals surface area contributed by atoms with Crippen LogP contribution in [0, 0.1) is 5.82 Å². The number of piperazine rings is 1. The fourth-order valence-corrected chi connectivity index (χ4v) is 2.68. The smallest absolute Gasteiger partial charge is 0.147 e. The molecule has 1 fully saturated rings. The van der Waals surface area contributed by atoms with Crippen LogP contribution < -0.4 is 4.90 Å². The maximum absolute atomic E-state index is 13.8. The number of hydrogen-bond donors (Lipinski definition) is 0. The molecule has 19 heavy (non-hydrogen) atoms. The highest BCUT2D eigenvalue weighted by molar-refractivity contribution is 6.30. The van der Waals surface area contributed by atoms with Crippen LogP contribution in [-0.4, -0.2) is 49.3 Å². The van der Waals surface area contributed by atoms with Crippen LogP contribution in [0.5, 0.6) is 0 Å². The van der Waals surface area contributed by atoms with E-state index in [9.17, 15) is 9.18 Å². The van der Waals surface area contributed by atoms with Gasteiger partial charge in [-0.25, -0.2) is 4.39 Å². The second kappa shape index (κ2) is 6.55. The molecule has 0 radical (unpaired) electrons. The van der Waals surface area contributed by atoms with Gasteiger partial charge in [0.25, 0.3) is 0 Å². The summed E-state index contributed by atoms with van der Waals surface area (Å²) in [7, 11) is 0. The summed E-state index contributed by atoms with van der Waals surface area (Å²) in [5, 5.41) is 0.392. The average Bonchev–Trinajstić information content (AvgIpc) is 2.41. The van der Waals surface area contributed by atoms with E-state index in [1.165, 1.54) is 6.07 Å². The first-order chi connectivity index (χ1) is 9.15. The Balaban J connectivity index is 2.01. The van der Waals surface area contributed by atoms with E-state index in [-0.39, 0.29) is 11.9 Å². The van der Waals surface area contributed by atoms with E-state index in [2.05, 4.69) is 0 Å². The van der Waals surface area contributed by atoms with Crippen molar-refractivity contribution >= 4 is 35.2 Å². The number of aldehydes is 1. The van der Waals surface area contributed by atoms with Gasteiger partial charge in [0, 0.05) is 37.1 Å². The molecule has 3 nitrogen and oxygen atoms in total. The molecule has 0 amide bonds. The number of alkyl halides is 1. The zero-order valence-corrected chi connectivity index (χ0v) is 11.9. The molecular weight excluding hydrogens is 290 g/mol. The minimum atomic E-state index is -0.315. The van der Waals surface area contributed by atoms with Crippen LogP contribution in [0.25, 0.3) is 0 Å². The Labute approximate surface area is 121 Å². The Morgan fingerprint density at radius 1 is 1.32 bits per heavy atom. The van der Waals surface area contributed by atoms with Crippen molar-refractivity contribution in [2.45, 2.75) is 6.04 Å². The molecule has 104 valence electrons. The summed E-state index contributed by atoms with van der Waals surface area (Å²) in [5.41, 5.74) is 0.553. The molecule has 0 N–H and O–H groups in total. The van der Waals surface area contributed by atoms with Crippen LogP contribution >= 0.6 is 23.2 Å². The molecule has 0 aliphatic carbocycles. The first-order valence-corrected chi connectivity index (χ1v) is 7.02. The maximum Gasteiger partial charge on any atom is 0.147 e. The summed E-state index contributed by atoms with van der Waals surface area (Å²) < 4.78 is 13.8. The molecule has 1 aromatic carbocycles. The van der Waals surface area contributed by atoms with E-state index in [0.29, 0.717) is 42.8 Å². The standard InChI is InChI=1S/C13H15Cl2FN2O/c14-8-11(9-19)17-3-5-18(6-4-17)13-2-1-10(15)7-12(13)16/h1-2,7,9,11H,3-6,8H2. The third kappa shape index (κ3) is 3.38. The minimum absolute atomic E-state index is 0.251. The molecule has 1 atom stereocenters. The lowest BCUT2D eigenvalue weighted by Gasteiger charge is -2.38. The Kier molecular flexibility index (Phi) is 5.02. The van der Waals surface area contributed by atoms with E-state index >= 15 is 0 Å². The Morgan fingerprint density at radius 2 is 2.00 bits per heavy atom. The molecule has 0 spiro atoms. The Hall–Kier alpha value is -0.840. The Bertz CT molecular complexity index is 450. The van der Waals surface area contributed by atoms with Crippen LogP contribution in [0.4, 0.5) is 10.1 Å². The highest BCUT2D eigenvalue weighted by Gasteiger charge is 2.24. The number of halogens is 3. The van der Waals surface area contributed by atoms with E-state index in [4.69, 9.17) is 23.2 Å². The number of benzene rings is 1. The molecule has 1 aromatic rings. The van der Waals surface area contributed by atoms with Crippen molar-refractivity contribution in [1.29, 1.82) is 0 Å². The number of rotatable bonds is 4. The van der Waals surface area contributed by atoms with Gasteiger partial charge in [-0.2, -0.15) is 0 Å². The summed E-state index contributed by atoms with van der Waals surface area (Å²) in [6.45, 7) is 2.72. The molecule has 1 aliphatic heterocycles. The van der Waals surface area contributed by atoms with Crippen LogP contribution in [0.3, 0.4) is 0 Å². The number of nitrogens with zero attached hydrogens (tertiary/aromatic N) is 2. The minimum Gasteiger partial charge on any atom is -0.367 e. The highest BCUT2D eigenvalue weighted by Crippen LogP contribution is 2.24. The van der Waals surface area contributed by atoms with Gasteiger partial charge in [0.2, 0.25) is 0 Å². The summed E-state index contributed by atoms with van der Waals surface area (Å²) in [5.74, 6) is -0.0241. The molecule has 0 bridgehead atoms. The zero-order valence-electron chi connectivity index (χ0n) is 10.4. The van der Waals surface area contributed by atoms with Crippen molar-refractivity contribution in [3.05, 3.63) is 29.0 Å². The molecule has 6 heteroatoms. The summed E-state index contributed by atoms with van der Waals surface area (Å²) in [6.07, 6.45) is 0.867. The second-order valence-electron chi connectivity index (χ2n) is 4.48. The van der Waals surface area contributed by atoms with Gasteiger partial charge in [0.1, 0.15) is 12.1 Å². The number of anilines is 1. The molecule has 0 saturated carbocycles. The third-order valence-electron chi connectivity index (χ3n) is 3.35. The fraction of sp³-hybridized carbons (Fsp3) is 0.462. The van der Waals surface area contributed by atoms with Gasteiger partial charge in [-0.15, -0.1) is 11.6 Å². The van der Waals surface area contributed by atoms with Gasteiger partial charge in [-0.05, 0) is 18.2 Å². The summed E-state index contributed by atoms with van der Waals surface area (Å²) >= 11 is 11.5. The van der Waals surface area contributed by atoms with Crippen LogP contribution in [-0.2, 0) is 4.79 Å². The number of carbonyl (C=O) groups excluding carboxylic acids is 1. The second-order valence-corrected chi connectivity index (χ2v) is 5.22. The van der Waals surface area contributed by atoms with Crippen molar-refractivity contribution < 1.29 is 9.18 Å². The van der Waals surface area contributed by atoms with Crippen molar-refractivity contribution in [3.63, 3.8) is 0 Å². The molecule has 2 rings (SSSR count). The zero-order chi connectivity index (χ0) is 13.8. The average molecular weight is 305 g/mol.